The zero-order valence-corrected chi connectivity index (χ0v) is 18.7. The van der Waals surface area contributed by atoms with Crippen LogP contribution in [0.1, 0.15) is 31.0 Å². The van der Waals surface area contributed by atoms with Crippen LogP contribution in [0.4, 0.5) is 0 Å². The maximum atomic E-state index is 10.2. The van der Waals surface area contributed by atoms with Crippen molar-refractivity contribution in [3.63, 3.8) is 0 Å². The third-order valence-electron chi connectivity index (χ3n) is 6.59. The predicted octanol–water partition coefficient (Wildman–Crippen LogP) is 4.62. The molecular weight excluding hydrogens is 410 g/mol. The zero-order valence-electron chi connectivity index (χ0n) is 18.7. The van der Waals surface area contributed by atoms with Gasteiger partial charge in [-0.15, -0.1) is 0 Å². The normalized spacial score (nSPS) is 22.5. The molecule has 1 saturated carbocycles. The standard InChI is InChI=1S/C27H25N5O/c1-17-12-23-29-14-20-13-22(18-6-4-3-5-7-18)24(30-25(20)32(23)31-17)19-8-10-21(11-9-19)27(28)15-26(2,33)16-27/h3-14,33H,15-16,28H2,1-2H3/t26-,27-. The Bertz CT molecular complexity index is 1500. The van der Waals surface area contributed by atoms with E-state index in [4.69, 9.17) is 10.7 Å². The largest absolute Gasteiger partial charge is 0.390 e. The molecule has 1 aliphatic rings. The monoisotopic (exact) mass is 435 g/mol. The second-order valence-corrected chi connectivity index (χ2v) is 9.56. The third kappa shape index (κ3) is 3.30. The van der Waals surface area contributed by atoms with Crippen molar-refractivity contribution in [1.82, 2.24) is 19.6 Å². The lowest BCUT2D eigenvalue weighted by Gasteiger charge is -2.49. The highest BCUT2D eigenvalue weighted by molar-refractivity contribution is 5.90. The van der Waals surface area contributed by atoms with Gasteiger partial charge in [-0.3, -0.25) is 0 Å². The van der Waals surface area contributed by atoms with Gasteiger partial charge < -0.3 is 10.8 Å². The molecular formula is C27H25N5O. The quantitative estimate of drug-likeness (QED) is 0.432. The molecule has 0 aliphatic heterocycles. The van der Waals surface area contributed by atoms with Crippen LogP contribution < -0.4 is 5.73 Å². The van der Waals surface area contributed by atoms with E-state index in [0.29, 0.717) is 12.8 Å². The number of hydrogen-bond donors (Lipinski definition) is 2. The number of pyridine rings is 1. The smallest absolute Gasteiger partial charge is 0.165 e. The van der Waals surface area contributed by atoms with Crippen LogP contribution in [0.2, 0.25) is 0 Å². The number of rotatable bonds is 3. The molecule has 0 atom stereocenters. The van der Waals surface area contributed by atoms with Gasteiger partial charge in [-0.05, 0) is 43.9 Å². The number of nitrogens with zero attached hydrogens (tertiary/aromatic N) is 4. The number of aryl methyl sites for hydroxylation is 1. The summed E-state index contributed by atoms with van der Waals surface area (Å²) in [5, 5.41) is 15.7. The number of nitrogens with two attached hydrogens (primary N) is 1. The van der Waals surface area contributed by atoms with E-state index in [2.05, 4.69) is 52.5 Å². The molecule has 6 nitrogen and oxygen atoms in total. The first kappa shape index (κ1) is 20.0. The van der Waals surface area contributed by atoms with Gasteiger partial charge in [0.15, 0.2) is 11.3 Å². The minimum Gasteiger partial charge on any atom is -0.390 e. The van der Waals surface area contributed by atoms with Crippen molar-refractivity contribution in [3.05, 3.63) is 84.2 Å². The van der Waals surface area contributed by atoms with Crippen molar-refractivity contribution in [3.8, 4) is 22.4 Å². The molecule has 2 aromatic carbocycles. The van der Waals surface area contributed by atoms with E-state index in [0.717, 1.165) is 50.3 Å². The van der Waals surface area contributed by atoms with Gasteiger partial charge in [-0.25, -0.2) is 9.97 Å². The van der Waals surface area contributed by atoms with Gasteiger partial charge in [0, 0.05) is 34.3 Å². The summed E-state index contributed by atoms with van der Waals surface area (Å²) in [4.78, 5) is 9.66. The minimum atomic E-state index is -0.685. The van der Waals surface area contributed by atoms with Gasteiger partial charge in [-0.1, -0.05) is 54.6 Å². The number of hydrogen-bond acceptors (Lipinski definition) is 5. The van der Waals surface area contributed by atoms with Gasteiger partial charge in [-0.2, -0.15) is 9.61 Å². The second kappa shape index (κ2) is 6.94. The molecule has 1 fully saturated rings. The third-order valence-corrected chi connectivity index (χ3v) is 6.59. The first-order chi connectivity index (χ1) is 15.8. The van der Waals surface area contributed by atoms with Crippen LogP contribution in [-0.4, -0.2) is 30.3 Å². The molecule has 0 bridgehead atoms. The van der Waals surface area contributed by atoms with E-state index in [9.17, 15) is 5.11 Å². The Morgan fingerprint density at radius 1 is 0.970 bits per heavy atom. The van der Waals surface area contributed by atoms with Crippen molar-refractivity contribution >= 4 is 16.7 Å². The molecule has 0 spiro atoms. The van der Waals surface area contributed by atoms with E-state index in [1.807, 2.05) is 48.8 Å². The van der Waals surface area contributed by atoms with Crippen molar-refractivity contribution in [2.45, 2.75) is 37.8 Å². The fourth-order valence-corrected chi connectivity index (χ4v) is 5.18. The average molecular weight is 436 g/mol. The summed E-state index contributed by atoms with van der Waals surface area (Å²) in [6, 6.07) is 22.6. The molecule has 0 saturated heterocycles. The van der Waals surface area contributed by atoms with Crippen LogP contribution in [0, 0.1) is 6.92 Å². The van der Waals surface area contributed by atoms with Crippen molar-refractivity contribution < 1.29 is 5.11 Å². The fourth-order valence-electron chi connectivity index (χ4n) is 5.18. The highest BCUT2D eigenvalue weighted by Gasteiger charge is 2.49. The number of fused-ring (bicyclic) bond motifs is 3. The molecule has 6 rings (SSSR count). The van der Waals surface area contributed by atoms with Crippen LogP contribution in [0.5, 0.6) is 0 Å². The summed E-state index contributed by atoms with van der Waals surface area (Å²) in [5.41, 5.74) is 12.9. The molecule has 0 unspecified atom stereocenters. The highest BCUT2D eigenvalue weighted by Crippen LogP contribution is 2.46. The second-order valence-electron chi connectivity index (χ2n) is 9.56. The molecule has 3 N–H and O–H groups in total. The van der Waals surface area contributed by atoms with Crippen molar-refractivity contribution in [1.29, 1.82) is 0 Å². The van der Waals surface area contributed by atoms with E-state index >= 15 is 0 Å². The van der Waals surface area contributed by atoms with Crippen LogP contribution in [-0.2, 0) is 5.54 Å². The Balaban J connectivity index is 1.53. The Morgan fingerprint density at radius 2 is 1.70 bits per heavy atom. The van der Waals surface area contributed by atoms with Crippen LogP contribution in [0.25, 0.3) is 39.1 Å². The van der Waals surface area contributed by atoms with Gasteiger partial charge in [0.2, 0.25) is 0 Å². The van der Waals surface area contributed by atoms with E-state index in [1.54, 1.807) is 0 Å². The molecule has 3 aromatic heterocycles. The van der Waals surface area contributed by atoms with Crippen LogP contribution >= 0.6 is 0 Å². The molecule has 3 heterocycles. The van der Waals surface area contributed by atoms with E-state index in [1.165, 1.54) is 0 Å². The van der Waals surface area contributed by atoms with Gasteiger partial charge in [0.25, 0.3) is 0 Å². The lowest BCUT2D eigenvalue weighted by atomic mass is 9.63. The molecule has 164 valence electrons. The number of aromatic nitrogens is 4. The van der Waals surface area contributed by atoms with Crippen LogP contribution in [0.3, 0.4) is 0 Å². The first-order valence-electron chi connectivity index (χ1n) is 11.2. The first-order valence-corrected chi connectivity index (χ1v) is 11.2. The van der Waals surface area contributed by atoms with Crippen LogP contribution in [0.15, 0.2) is 72.9 Å². The molecule has 5 aromatic rings. The summed E-state index contributed by atoms with van der Waals surface area (Å²) >= 11 is 0. The molecule has 33 heavy (non-hydrogen) atoms. The topological polar surface area (TPSA) is 89.3 Å². The fraction of sp³-hybridized carbons (Fsp3) is 0.222. The summed E-state index contributed by atoms with van der Waals surface area (Å²) in [7, 11) is 0. The van der Waals surface area contributed by atoms with Gasteiger partial charge in [0.05, 0.1) is 17.0 Å². The SMILES string of the molecule is Cc1cc2ncc3cc(-c4ccccc4)c(-c4ccc([C@]5(N)C[C@](C)(O)C5)cc4)nc3n2n1. The molecule has 1 aliphatic carbocycles. The zero-order chi connectivity index (χ0) is 22.8. The Labute approximate surface area is 191 Å². The van der Waals surface area contributed by atoms with Gasteiger partial charge >= 0.3 is 0 Å². The highest BCUT2D eigenvalue weighted by atomic mass is 16.3. The molecule has 6 heteroatoms. The summed E-state index contributed by atoms with van der Waals surface area (Å²) in [6.45, 7) is 3.79. The van der Waals surface area contributed by atoms with Crippen molar-refractivity contribution in [2.75, 3.05) is 0 Å². The Hall–Kier alpha value is -3.61. The van der Waals surface area contributed by atoms with Crippen molar-refractivity contribution in [2.24, 2.45) is 5.73 Å². The maximum Gasteiger partial charge on any atom is 0.165 e. The maximum absolute atomic E-state index is 10.2. The Morgan fingerprint density at radius 3 is 2.39 bits per heavy atom. The predicted molar refractivity (Wildman–Crippen MR) is 130 cm³/mol. The van der Waals surface area contributed by atoms with E-state index < -0.39 is 11.1 Å². The minimum absolute atomic E-state index is 0.481. The Kier molecular flexibility index (Phi) is 4.21. The molecule has 0 radical (unpaired) electrons. The summed E-state index contributed by atoms with van der Waals surface area (Å²) in [5.74, 6) is 0. The number of aliphatic hydroxyl groups is 1. The lowest BCUT2D eigenvalue weighted by Crippen LogP contribution is -2.58. The lowest BCUT2D eigenvalue weighted by molar-refractivity contribution is -0.0738. The van der Waals surface area contributed by atoms with Gasteiger partial charge in [0.1, 0.15) is 0 Å². The molecule has 0 amide bonds. The van der Waals surface area contributed by atoms with E-state index in [-0.39, 0.29) is 0 Å². The number of benzene rings is 2. The summed E-state index contributed by atoms with van der Waals surface area (Å²) in [6.07, 6.45) is 2.98. The average Bonchev–Trinajstić information content (AvgIpc) is 3.18. The summed E-state index contributed by atoms with van der Waals surface area (Å²) < 4.78 is 1.81.